The van der Waals surface area contributed by atoms with Gasteiger partial charge in [-0.1, -0.05) is 82.6 Å². The normalized spacial score (nSPS) is 8.57. The van der Waals surface area contributed by atoms with Crippen LogP contribution in [0.25, 0.3) is 11.1 Å². The lowest BCUT2D eigenvalue weighted by Gasteiger charge is -2.10. The SMILES string of the molecule is C.CC.CC.Cc1ccc(-c2ccc(C)cc2C)c(C)c1. The summed E-state index contributed by atoms with van der Waals surface area (Å²) in [5.41, 5.74) is 8.06. The number of aryl methyl sites for hydroxylation is 4. The molecule has 2 rings (SSSR count). The van der Waals surface area contributed by atoms with E-state index in [0.29, 0.717) is 0 Å². The summed E-state index contributed by atoms with van der Waals surface area (Å²) in [5.74, 6) is 0. The van der Waals surface area contributed by atoms with Crippen LogP contribution in [0.4, 0.5) is 0 Å². The molecule has 118 valence electrons. The summed E-state index contributed by atoms with van der Waals surface area (Å²) < 4.78 is 0. The van der Waals surface area contributed by atoms with E-state index in [0.717, 1.165) is 0 Å². The van der Waals surface area contributed by atoms with Crippen molar-refractivity contribution in [1.82, 2.24) is 0 Å². The number of benzene rings is 2. The maximum atomic E-state index is 2.24. The molecule has 0 heteroatoms. The molecule has 0 aliphatic carbocycles. The Morgan fingerprint density at radius 3 is 1.05 bits per heavy atom. The fraction of sp³-hybridized carbons (Fsp3) is 0.429. The predicted molar refractivity (Wildman–Crippen MR) is 100 cm³/mol. The topological polar surface area (TPSA) is 0 Å². The quantitative estimate of drug-likeness (QED) is 0.517. The summed E-state index contributed by atoms with van der Waals surface area (Å²) >= 11 is 0. The Labute approximate surface area is 133 Å². The molecule has 0 fully saturated rings. The third-order valence-corrected chi connectivity index (χ3v) is 3.05. The highest BCUT2D eigenvalue weighted by molar-refractivity contribution is 5.71. The third-order valence-electron chi connectivity index (χ3n) is 3.05. The molecule has 0 unspecified atom stereocenters. The van der Waals surface area contributed by atoms with Crippen LogP contribution in [0.3, 0.4) is 0 Å². The van der Waals surface area contributed by atoms with E-state index in [2.05, 4.69) is 64.1 Å². The molecular formula is C21H34. The lowest BCUT2D eigenvalue weighted by molar-refractivity contribution is 1.34. The smallest absolute Gasteiger partial charge is 0.0152 e. The second kappa shape index (κ2) is 11.1. The van der Waals surface area contributed by atoms with Crippen LogP contribution in [0, 0.1) is 27.7 Å². The van der Waals surface area contributed by atoms with Crippen LogP contribution in [-0.2, 0) is 0 Å². The van der Waals surface area contributed by atoms with Gasteiger partial charge in [0.25, 0.3) is 0 Å². The van der Waals surface area contributed by atoms with E-state index in [1.54, 1.807) is 0 Å². The lowest BCUT2D eigenvalue weighted by Crippen LogP contribution is -1.88. The van der Waals surface area contributed by atoms with E-state index in [1.807, 2.05) is 27.7 Å². The summed E-state index contributed by atoms with van der Waals surface area (Å²) in [4.78, 5) is 0. The highest BCUT2D eigenvalue weighted by Gasteiger charge is 2.04. The van der Waals surface area contributed by atoms with Gasteiger partial charge in [-0.05, 0) is 49.9 Å². The molecule has 0 aliphatic rings. The van der Waals surface area contributed by atoms with Crippen LogP contribution >= 0.6 is 0 Å². The Kier molecular flexibility index (Phi) is 11.5. The van der Waals surface area contributed by atoms with Crippen molar-refractivity contribution < 1.29 is 0 Å². The van der Waals surface area contributed by atoms with Gasteiger partial charge in [-0.15, -0.1) is 0 Å². The van der Waals surface area contributed by atoms with Gasteiger partial charge in [-0.2, -0.15) is 0 Å². The zero-order valence-electron chi connectivity index (χ0n) is 14.5. The van der Waals surface area contributed by atoms with Gasteiger partial charge in [0, 0.05) is 0 Å². The maximum absolute atomic E-state index is 2.24. The van der Waals surface area contributed by atoms with Crippen molar-refractivity contribution >= 4 is 0 Å². The number of rotatable bonds is 1. The summed E-state index contributed by atoms with van der Waals surface area (Å²) in [6, 6.07) is 13.3. The molecule has 0 nitrogen and oxygen atoms in total. The molecule has 0 saturated carbocycles. The van der Waals surface area contributed by atoms with Crippen molar-refractivity contribution in [3.05, 3.63) is 58.7 Å². The monoisotopic (exact) mass is 286 g/mol. The second-order valence-corrected chi connectivity index (χ2v) is 4.64. The zero-order valence-corrected chi connectivity index (χ0v) is 14.5. The minimum Gasteiger partial charge on any atom is -0.0776 e. The Morgan fingerprint density at radius 2 is 0.810 bits per heavy atom. The first-order valence-corrected chi connectivity index (χ1v) is 7.73. The van der Waals surface area contributed by atoms with E-state index >= 15 is 0 Å². The van der Waals surface area contributed by atoms with Gasteiger partial charge in [-0.25, -0.2) is 0 Å². The Balaban J connectivity index is 0. The average Bonchev–Trinajstić information content (AvgIpc) is 2.44. The molecule has 0 aromatic heterocycles. The molecule has 0 spiro atoms. The fourth-order valence-electron chi connectivity index (χ4n) is 2.23. The zero-order chi connectivity index (χ0) is 15.7. The van der Waals surface area contributed by atoms with Crippen LogP contribution in [0.2, 0.25) is 0 Å². The first-order valence-electron chi connectivity index (χ1n) is 7.73. The highest BCUT2D eigenvalue weighted by Crippen LogP contribution is 2.27. The Hall–Kier alpha value is -1.56. The first-order chi connectivity index (χ1) is 9.58. The van der Waals surface area contributed by atoms with Crippen LogP contribution in [0.5, 0.6) is 0 Å². The molecule has 21 heavy (non-hydrogen) atoms. The molecular weight excluding hydrogens is 252 g/mol. The van der Waals surface area contributed by atoms with E-state index in [9.17, 15) is 0 Å². The largest absolute Gasteiger partial charge is 0.0776 e. The summed E-state index contributed by atoms with van der Waals surface area (Å²) in [5, 5.41) is 0. The van der Waals surface area contributed by atoms with Crippen LogP contribution in [0.15, 0.2) is 36.4 Å². The molecule has 0 bridgehead atoms. The van der Waals surface area contributed by atoms with Gasteiger partial charge >= 0.3 is 0 Å². The van der Waals surface area contributed by atoms with Crippen molar-refractivity contribution in [3.8, 4) is 11.1 Å². The van der Waals surface area contributed by atoms with Crippen molar-refractivity contribution in [3.63, 3.8) is 0 Å². The molecule has 2 aromatic carbocycles. The van der Waals surface area contributed by atoms with Gasteiger partial charge in [-0.3, -0.25) is 0 Å². The summed E-state index contributed by atoms with van der Waals surface area (Å²) in [7, 11) is 0. The second-order valence-electron chi connectivity index (χ2n) is 4.64. The lowest BCUT2D eigenvalue weighted by atomic mass is 9.94. The third kappa shape index (κ3) is 6.16. The van der Waals surface area contributed by atoms with Crippen LogP contribution < -0.4 is 0 Å². The van der Waals surface area contributed by atoms with E-state index in [1.165, 1.54) is 33.4 Å². The summed E-state index contributed by atoms with van der Waals surface area (Å²) in [6.07, 6.45) is 0. The molecule has 0 atom stereocenters. The molecule has 0 radical (unpaired) electrons. The standard InChI is InChI=1S/C16H18.2C2H6.CH4/c1-11-5-7-15(13(3)9-11)16-8-6-12(2)10-14(16)4;2*1-2;/h5-10H,1-4H3;2*1-2H3;1H4. The highest BCUT2D eigenvalue weighted by atomic mass is 14.1. The number of hydrogen-bond acceptors (Lipinski definition) is 0. The van der Waals surface area contributed by atoms with Gasteiger partial charge in [0.15, 0.2) is 0 Å². The van der Waals surface area contributed by atoms with Gasteiger partial charge < -0.3 is 0 Å². The summed E-state index contributed by atoms with van der Waals surface area (Å²) in [6.45, 7) is 16.6. The van der Waals surface area contributed by atoms with E-state index < -0.39 is 0 Å². The van der Waals surface area contributed by atoms with Crippen LogP contribution in [-0.4, -0.2) is 0 Å². The Morgan fingerprint density at radius 1 is 0.524 bits per heavy atom. The van der Waals surface area contributed by atoms with Crippen LogP contribution in [0.1, 0.15) is 57.4 Å². The van der Waals surface area contributed by atoms with Gasteiger partial charge in [0.2, 0.25) is 0 Å². The molecule has 0 saturated heterocycles. The van der Waals surface area contributed by atoms with Crippen molar-refractivity contribution in [2.75, 3.05) is 0 Å². The number of hydrogen-bond donors (Lipinski definition) is 0. The first kappa shape index (κ1) is 21.7. The van der Waals surface area contributed by atoms with E-state index in [4.69, 9.17) is 0 Å². The van der Waals surface area contributed by atoms with Crippen molar-refractivity contribution in [2.24, 2.45) is 0 Å². The van der Waals surface area contributed by atoms with Gasteiger partial charge in [0.05, 0.1) is 0 Å². The van der Waals surface area contributed by atoms with Crippen molar-refractivity contribution in [2.45, 2.75) is 62.8 Å². The van der Waals surface area contributed by atoms with Gasteiger partial charge in [0.1, 0.15) is 0 Å². The minimum absolute atomic E-state index is 0. The average molecular weight is 287 g/mol. The predicted octanol–water partition coefficient (Wildman–Crippen LogP) is 7.28. The molecule has 0 amide bonds. The molecule has 0 heterocycles. The fourth-order valence-corrected chi connectivity index (χ4v) is 2.23. The van der Waals surface area contributed by atoms with E-state index in [-0.39, 0.29) is 7.43 Å². The Bertz CT molecular complexity index is 472. The van der Waals surface area contributed by atoms with Crippen molar-refractivity contribution in [1.29, 1.82) is 0 Å². The minimum atomic E-state index is 0. The molecule has 0 aliphatic heterocycles. The molecule has 0 N–H and O–H groups in total. The maximum Gasteiger partial charge on any atom is -0.0152 e. The molecule has 2 aromatic rings.